The number of aryl methyl sites for hydroxylation is 1. The zero-order valence-corrected chi connectivity index (χ0v) is 9.31. The topological polar surface area (TPSA) is 35.2 Å². The van der Waals surface area contributed by atoms with Gasteiger partial charge in [-0.05, 0) is 36.2 Å². The highest BCUT2D eigenvalue weighted by atomic mass is 16.5. The zero-order chi connectivity index (χ0) is 11.4. The molecule has 2 aromatic carbocycles. The Balaban J connectivity index is 2.24. The van der Waals surface area contributed by atoms with E-state index >= 15 is 0 Å². The molecule has 0 aliphatic rings. The van der Waals surface area contributed by atoms with E-state index in [-0.39, 0.29) is 0 Å². The average molecular weight is 213 g/mol. The Kier molecular flexibility index (Phi) is 3.10. The van der Waals surface area contributed by atoms with Crippen LogP contribution in [0.25, 0.3) is 0 Å². The number of para-hydroxylation sites is 2. The van der Waals surface area contributed by atoms with Gasteiger partial charge in [-0.1, -0.05) is 31.2 Å². The first-order valence-electron chi connectivity index (χ1n) is 5.41. The highest BCUT2D eigenvalue weighted by Gasteiger charge is 2.01. The first kappa shape index (κ1) is 10.6. The fraction of sp³-hybridized carbons (Fsp3) is 0.143. The molecular formula is C14H15NO. The SMILES string of the molecule is CCc1cccc(Oc2ccccc2N)c1. The highest BCUT2D eigenvalue weighted by Crippen LogP contribution is 2.27. The molecule has 0 atom stereocenters. The van der Waals surface area contributed by atoms with E-state index in [1.54, 1.807) is 0 Å². The molecule has 0 spiro atoms. The third-order valence-electron chi connectivity index (χ3n) is 2.45. The van der Waals surface area contributed by atoms with Gasteiger partial charge in [0.1, 0.15) is 11.5 Å². The van der Waals surface area contributed by atoms with Crippen LogP contribution in [0.2, 0.25) is 0 Å². The number of nitrogens with two attached hydrogens (primary N) is 1. The maximum atomic E-state index is 5.81. The van der Waals surface area contributed by atoms with Crippen molar-refractivity contribution in [3.63, 3.8) is 0 Å². The molecule has 2 nitrogen and oxygen atoms in total. The summed E-state index contributed by atoms with van der Waals surface area (Å²) in [6.45, 7) is 2.12. The minimum atomic E-state index is 0.657. The molecule has 0 saturated heterocycles. The molecule has 0 aliphatic carbocycles. The van der Waals surface area contributed by atoms with E-state index in [0.29, 0.717) is 11.4 Å². The molecule has 0 fully saturated rings. The lowest BCUT2D eigenvalue weighted by Gasteiger charge is -2.08. The summed E-state index contributed by atoms with van der Waals surface area (Å²) in [7, 11) is 0. The summed E-state index contributed by atoms with van der Waals surface area (Å²) < 4.78 is 5.73. The van der Waals surface area contributed by atoms with Gasteiger partial charge < -0.3 is 10.5 Å². The van der Waals surface area contributed by atoms with Gasteiger partial charge in [-0.3, -0.25) is 0 Å². The van der Waals surface area contributed by atoms with Crippen LogP contribution in [0.3, 0.4) is 0 Å². The zero-order valence-electron chi connectivity index (χ0n) is 9.31. The standard InChI is InChI=1S/C14H15NO/c1-2-11-6-5-7-12(10-11)16-14-9-4-3-8-13(14)15/h3-10H,2,15H2,1H3. The lowest BCUT2D eigenvalue weighted by Crippen LogP contribution is -1.91. The van der Waals surface area contributed by atoms with Gasteiger partial charge in [-0.25, -0.2) is 0 Å². The van der Waals surface area contributed by atoms with Crippen LogP contribution in [0, 0.1) is 0 Å². The normalized spacial score (nSPS) is 10.1. The van der Waals surface area contributed by atoms with Crippen LogP contribution in [-0.2, 0) is 6.42 Å². The minimum absolute atomic E-state index is 0.657. The highest BCUT2D eigenvalue weighted by molar-refractivity contribution is 5.53. The molecule has 0 aliphatic heterocycles. The lowest BCUT2D eigenvalue weighted by molar-refractivity contribution is 0.484. The smallest absolute Gasteiger partial charge is 0.150 e. The van der Waals surface area contributed by atoms with Gasteiger partial charge in [0.2, 0.25) is 0 Å². The van der Waals surface area contributed by atoms with Crippen molar-refractivity contribution in [1.29, 1.82) is 0 Å². The van der Waals surface area contributed by atoms with Gasteiger partial charge in [-0.2, -0.15) is 0 Å². The van der Waals surface area contributed by atoms with Crippen molar-refractivity contribution in [2.75, 3.05) is 5.73 Å². The van der Waals surface area contributed by atoms with Gasteiger partial charge >= 0.3 is 0 Å². The Bertz CT molecular complexity index is 480. The van der Waals surface area contributed by atoms with Crippen LogP contribution in [0.4, 0.5) is 5.69 Å². The predicted octanol–water partition coefficient (Wildman–Crippen LogP) is 3.62. The molecule has 0 saturated carbocycles. The largest absolute Gasteiger partial charge is 0.455 e. The van der Waals surface area contributed by atoms with Gasteiger partial charge in [0.15, 0.2) is 0 Å². The quantitative estimate of drug-likeness (QED) is 0.790. The summed E-state index contributed by atoms with van der Waals surface area (Å²) >= 11 is 0. The summed E-state index contributed by atoms with van der Waals surface area (Å²) in [6, 6.07) is 15.6. The average Bonchev–Trinajstić information content (AvgIpc) is 2.32. The van der Waals surface area contributed by atoms with Crippen molar-refractivity contribution in [1.82, 2.24) is 0 Å². The summed E-state index contributed by atoms with van der Waals surface area (Å²) in [5.41, 5.74) is 7.73. The van der Waals surface area contributed by atoms with Gasteiger partial charge in [0, 0.05) is 0 Å². The molecule has 0 radical (unpaired) electrons. The number of nitrogen functional groups attached to an aromatic ring is 1. The third-order valence-corrected chi connectivity index (χ3v) is 2.45. The summed E-state index contributed by atoms with van der Waals surface area (Å²) in [5, 5.41) is 0. The van der Waals surface area contributed by atoms with Crippen LogP contribution >= 0.6 is 0 Å². The Morgan fingerprint density at radius 1 is 1.06 bits per heavy atom. The Morgan fingerprint density at radius 2 is 1.88 bits per heavy atom. The molecule has 2 rings (SSSR count). The van der Waals surface area contributed by atoms with Crippen molar-refractivity contribution in [3.8, 4) is 11.5 Å². The molecule has 0 aromatic heterocycles. The van der Waals surface area contributed by atoms with E-state index in [9.17, 15) is 0 Å². The second-order valence-corrected chi connectivity index (χ2v) is 3.64. The summed E-state index contributed by atoms with van der Waals surface area (Å²) in [4.78, 5) is 0. The van der Waals surface area contributed by atoms with Crippen molar-refractivity contribution in [2.45, 2.75) is 13.3 Å². The monoisotopic (exact) mass is 213 g/mol. The Hall–Kier alpha value is -1.96. The lowest BCUT2D eigenvalue weighted by atomic mass is 10.2. The molecule has 2 N–H and O–H groups in total. The van der Waals surface area contributed by atoms with Crippen molar-refractivity contribution < 1.29 is 4.74 Å². The Labute approximate surface area is 95.7 Å². The van der Waals surface area contributed by atoms with Crippen LogP contribution in [0.1, 0.15) is 12.5 Å². The maximum absolute atomic E-state index is 5.81. The van der Waals surface area contributed by atoms with Gasteiger partial charge in [-0.15, -0.1) is 0 Å². The fourth-order valence-corrected chi connectivity index (χ4v) is 1.53. The maximum Gasteiger partial charge on any atom is 0.150 e. The molecule has 16 heavy (non-hydrogen) atoms. The van der Waals surface area contributed by atoms with Crippen LogP contribution in [0.15, 0.2) is 48.5 Å². The summed E-state index contributed by atoms with van der Waals surface area (Å²) in [5.74, 6) is 1.54. The molecule has 0 unspecified atom stereocenters. The van der Waals surface area contributed by atoms with E-state index in [4.69, 9.17) is 10.5 Å². The minimum Gasteiger partial charge on any atom is -0.455 e. The second kappa shape index (κ2) is 4.71. The molecule has 82 valence electrons. The number of ether oxygens (including phenoxy) is 1. The predicted molar refractivity (Wildman–Crippen MR) is 66.7 cm³/mol. The van der Waals surface area contributed by atoms with E-state index in [1.807, 2.05) is 42.5 Å². The number of benzene rings is 2. The first-order valence-corrected chi connectivity index (χ1v) is 5.41. The van der Waals surface area contributed by atoms with E-state index in [2.05, 4.69) is 13.0 Å². The number of anilines is 1. The van der Waals surface area contributed by atoms with Gasteiger partial charge in [0.25, 0.3) is 0 Å². The van der Waals surface area contributed by atoms with E-state index < -0.39 is 0 Å². The van der Waals surface area contributed by atoms with Crippen LogP contribution in [-0.4, -0.2) is 0 Å². The van der Waals surface area contributed by atoms with Crippen LogP contribution in [0.5, 0.6) is 11.5 Å². The molecule has 2 heteroatoms. The molecule has 0 amide bonds. The Morgan fingerprint density at radius 3 is 2.62 bits per heavy atom. The van der Waals surface area contributed by atoms with Crippen molar-refractivity contribution >= 4 is 5.69 Å². The second-order valence-electron chi connectivity index (χ2n) is 3.64. The van der Waals surface area contributed by atoms with E-state index in [0.717, 1.165) is 12.2 Å². The fourth-order valence-electron chi connectivity index (χ4n) is 1.53. The van der Waals surface area contributed by atoms with Crippen molar-refractivity contribution in [2.24, 2.45) is 0 Å². The first-order chi connectivity index (χ1) is 7.79. The number of hydrogen-bond donors (Lipinski definition) is 1. The molecule has 0 heterocycles. The summed E-state index contributed by atoms with van der Waals surface area (Å²) in [6.07, 6.45) is 1.00. The molecule has 2 aromatic rings. The molecular weight excluding hydrogens is 198 g/mol. The van der Waals surface area contributed by atoms with Crippen molar-refractivity contribution in [3.05, 3.63) is 54.1 Å². The van der Waals surface area contributed by atoms with Gasteiger partial charge in [0.05, 0.1) is 5.69 Å². The number of hydrogen-bond acceptors (Lipinski definition) is 2. The third kappa shape index (κ3) is 2.34. The molecule has 0 bridgehead atoms. The number of rotatable bonds is 3. The van der Waals surface area contributed by atoms with E-state index in [1.165, 1.54) is 5.56 Å². The van der Waals surface area contributed by atoms with Crippen LogP contribution < -0.4 is 10.5 Å².